The monoisotopic (exact) mass is 274 g/mol. The molecule has 1 aliphatic heterocycles. The van der Waals surface area contributed by atoms with Gasteiger partial charge in [-0.25, -0.2) is 4.39 Å². The molecule has 0 saturated heterocycles. The first-order valence-electron chi connectivity index (χ1n) is 5.60. The van der Waals surface area contributed by atoms with Crippen LogP contribution in [-0.4, -0.2) is 19.0 Å². The van der Waals surface area contributed by atoms with Crippen molar-refractivity contribution < 1.29 is 13.9 Å². The van der Waals surface area contributed by atoms with E-state index in [9.17, 15) is 4.39 Å². The van der Waals surface area contributed by atoms with Crippen LogP contribution < -0.4 is 15.2 Å². The highest BCUT2D eigenvalue weighted by molar-refractivity contribution is 6.01. The maximum atomic E-state index is 14.2. The molecule has 0 amide bonds. The van der Waals surface area contributed by atoms with E-state index in [-0.39, 0.29) is 24.7 Å². The number of hydrogen-bond donors (Lipinski definition) is 1. The zero-order valence-corrected chi connectivity index (χ0v) is 11.1. The van der Waals surface area contributed by atoms with Crippen molar-refractivity contribution >= 4 is 18.2 Å². The first-order valence-corrected chi connectivity index (χ1v) is 5.60. The van der Waals surface area contributed by atoms with Crippen molar-refractivity contribution in [3.05, 3.63) is 23.0 Å². The van der Waals surface area contributed by atoms with E-state index in [2.05, 4.69) is 4.99 Å². The number of amidine groups is 1. The van der Waals surface area contributed by atoms with Gasteiger partial charge < -0.3 is 15.2 Å². The van der Waals surface area contributed by atoms with Gasteiger partial charge in [0, 0.05) is 11.1 Å². The van der Waals surface area contributed by atoms with E-state index in [1.54, 1.807) is 13.0 Å². The van der Waals surface area contributed by atoms with E-state index in [1.807, 2.05) is 6.92 Å². The minimum atomic E-state index is -0.419. The summed E-state index contributed by atoms with van der Waals surface area (Å²) in [6.45, 7) is 4.71. The van der Waals surface area contributed by atoms with E-state index in [1.165, 1.54) is 0 Å². The highest BCUT2D eigenvalue weighted by atomic mass is 35.5. The SMILES string of the molecule is CCOc1cc2c(c(F)c1OCC)CN=C2N.Cl. The maximum absolute atomic E-state index is 14.2. The third-order valence-corrected chi connectivity index (χ3v) is 2.56. The minimum absolute atomic E-state index is 0. The Morgan fingerprint density at radius 2 is 2.00 bits per heavy atom. The molecule has 0 unspecified atom stereocenters. The summed E-state index contributed by atoms with van der Waals surface area (Å²) in [5, 5.41) is 0. The molecule has 0 saturated carbocycles. The fourth-order valence-corrected chi connectivity index (χ4v) is 1.82. The number of nitrogens with two attached hydrogens (primary N) is 1. The van der Waals surface area contributed by atoms with Gasteiger partial charge >= 0.3 is 0 Å². The molecule has 1 aromatic carbocycles. The van der Waals surface area contributed by atoms with Gasteiger partial charge in [0.05, 0.1) is 19.8 Å². The third kappa shape index (κ3) is 2.36. The number of ether oxygens (including phenoxy) is 2. The fraction of sp³-hybridized carbons (Fsp3) is 0.417. The lowest BCUT2D eigenvalue weighted by atomic mass is 10.1. The average molecular weight is 275 g/mol. The van der Waals surface area contributed by atoms with Crippen LogP contribution in [-0.2, 0) is 6.54 Å². The molecule has 6 heteroatoms. The average Bonchev–Trinajstić information content (AvgIpc) is 2.67. The van der Waals surface area contributed by atoms with E-state index >= 15 is 0 Å². The summed E-state index contributed by atoms with van der Waals surface area (Å²) in [6.07, 6.45) is 0. The Hall–Kier alpha value is -1.49. The molecular weight excluding hydrogens is 259 g/mol. The van der Waals surface area contributed by atoms with Gasteiger partial charge in [-0.1, -0.05) is 0 Å². The summed E-state index contributed by atoms with van der Waals surface area (Å²) < 4.78 is 24.8. The molecule has 4 nitrogen and oxygen atoms in total. The molecular formula is C12H16ClFN2O2. The van der Waals surface area contributed by atoms with E-state index in [0.717, 1.165) is 0 Å². The normalized spacial score (nSPS) is 12.5. The second-order valence-corrected chi connectivity index (χ2v) is 3.61. The van der Waals surface area contributed by atoms with Crippen LogP contribution in [0.4, 0.5) is 4.39 Å². The predicted octanol–water partition coefficient (Wildman–Crippen LogP) is 2.26. The largest absolute Gasteiger partial charge is 0.490 e. The van der Waals surface area contributed by atoms with Crippen LogP contribution >= 0.6 is 12.4 Å². The summed E-state index contributed by atoms with van der Waals surface area (Å²) in [6, 6.07) is 1.69. The number of halogens is 2. The van der Waals surface area contributed by atoms with Gasteiger partial charge in [0.25, 0.3) is 0 Å². The summed E-state index contributed by atoms with van der Waals surface area (Å²) in [7, 11) is 0. The van der Waals surface area contributed by atoms with Crippen molar-refractivity contribution in [3.63, 3.8) is 0 Å². The molecule has 0 radical (unpaired) electrons. The van der Waals surface area contributed by atoms with Crippen molar-refractivity contribution in [2.24, 2.45) is 10.7 Å². The number of rotatable bonds is 4. The summed E-state index contributed by atoms with van der Waals surface area (Å²) >= 11 is 0. The van der Waals surface area contributed by atoms with Crippen molar-refractivity contribution in [2.75, 3.05) is 13.2 Å². The van der Waals surface area contributed by atoms with Gasteiger partial charge in [0.2, 0.25) is 0 Å². The molecule has 0 aliphatic carbocycles. The second kappa shape index (κ2) is 5.91. The van der Waals surface area contributed by atoms with Crippen molar-refractivity contribution in [2.45, 2.75) is 20.4 Å². The topological polar surface area (TPSA) is 56.8 Å². The van der Waals surface area contributed by atoms with Crippen molar-refractivity contribution in [1.29, 1.82) is 0 Å². The lowest BCUT2D eigenvalue weighted by Gasteiger charge is -2.14. The molecule has 0 bridgehead atoms. The number of hydrogen-bond acceptors (Lipinski definition) is 4. The lowest BCUT2D eigenvalue weighted by Crippen LogP contribution is -2.12. The van der Waals surface area contributed by atoms with Crippen LogP contribution in [0.25, 0.3) is 0 Å². The first-order chi connectivity index (χ1) is 8.19. The molecule has 0 atom stereocenters. The Morgan fingerprint density at radius 1 is 1.33 bits per heavy atom. The molecule has 2 N–H and O–H groups in total. The Bertz CT molecular complexity index is 478. The minimum Gasteiger partial charge on any atom is -0.490 e. The van der Waals surface area contributed by atoms with Gasteiger partial charge in [-0.3, -0.25) is 4.99 Å². The van der Waals surface area contributed by atoms with Gasteiger partial charge in [0.1, 0.15) is 5.84 Å². The summed E-state index contributed by atoms with van der Waals surface area (Å²) in [5.74, 6) is 0.462. The smallest absolute Gasteiger partial charge is 0.197 e. The second-order valence-electron chi connectivity index (χ2n) is 3.61. The molecule has 1 aromatic rings. The van der Waals surface area contributed by atoms with Crippen molar-refractivity contribution in [1.82, 2.24) is 0 Å². The van der Waals surface area contributed by atoms with Crippen LogP contribution in [0.5, 0.6) is 11.5 Å². The van der Waals surface area contributed by atoms with E-state index in [0.29, 0.717) is 35.9 Å². The Kier molecular flexibility index (Phi) is 4.78. The Labute approximate surface area is 111 Å². The molecule has 0 fully saturated rings. The molecule has 100 valence electrons. The highest BCUT2D eigenvalue weighted by Gasteiger charge is 2.24. The van der Waals surface area contributed by atoms with Crippen LogP contribution in [0.2, 0.25) is 0 Å². The lowest BCUT2D eigenvalue weighted by molar-refractivity contribution is 0.275. The predicted molar refractivity (Wildman–Crippen MR) is 70.4 cm³/mol. The number of nitrogens with zero attached hydrogens (tertiary/aromatic N) is 1. The summed E-state index contributed by atoms with van der Waals surface area (Å²) in [5.41, 5.74) is 6.78. The van der Waals surface area contributed by atoms with Crippen LogP contribution in [0.3, 0.4) is 0 Å². The fourth-order valence-electron chi connectivity index (χ4n) is 1.82. The quantitative estimate of drug-likeness (QED) is 0.916. The van der Waals surface area contributed by atoms with Crippen LogP contribution in [0.15, 0.2) is 11.1 Å². The molecule has 2 rings (SSSR count). The Balaban J connectivity index is 0.00000162. The molecule has 18 heavy (non-hydrogen) atoms. The van der Waals surface area contributed by atoms with Crippen LogP contribution in [0, 0.1) is 5.82 Å². The third-order valence-electron chi connectivity index (χ3n) is 2.56. The van der Waals surface area contributed by atoms with Gasteiger partial charge in [-0.2, -0.15) is 0 Å². The van der Waals surface area contributed by atoms with Gasteiger partial charge in [-0.05, 0) is 19.9 Å². The number of aliphatic imine (C=N–C) groups is 1. The Morgan fingerprint density at radius 3 is 2.61 bits per heavy atom. The number of benzene rings is 1. The van der Waals surface area contributed by atoms with Crippen LogP contribution in [0.1, 0.15) is 25.0 Å². The molecule has 0 spiro atoms. The zero-order chi connectivity index (χ0) is 12.4. The van der Waals surface area contributed by atoms with E-state index in [4.69, 9.17) is 15.2 Å². The summed E-state index contributed by atoms with van der Waals surface area (Å²) in [4.78, 5) is 4.01. The molecule has 1 aliphatic rings. The number of fused-ring (bicyclic) bond motifs is 1. The first kappa shape index (κ1) is 14.6. The van der Waals surface area contributed by atoms with E-state index < -0.39 is 5.82 Å². The van der Waals surface area contributed by atoms with Crippen molar-refractivity contribution in [3.8, 4) is 11.5 Å². The van der Waals surface area contributed by atoms with Gasteiger partial charge in [-0.15, -0.1) is 12.4 Å². The van der Waals surface area contributed by atoms with Gasteiger partial charge in [0.15, 0.2) is 17.3 Å². The maximum Gasteiger partial charge on any atom is 0.197 e. The standard InChI is InChI=1S/C12H15FN2O2.ClH/c1-3-16-9-5-7-8(6-15-12(7)14)10(13)11(9)17-4-2;/h5H,3-4,6H2,1-2H3,(H2,14,15);1H. The molecule has 0 aromatic heterocycles. The zero-order valence-electron chi connectivity index (χ0n) is 10.3. The highest BCUT2D eigenvalue weighted by Crippen LogP contribution is 2.37. The molecule has 1 heterocycles.